The van der Waals surface area contributed by atoms with Crippen LogP contribution >= 0.6 is 0 Å². The molecule has 10 aromatic rings. The Balaban J connectivity index is 0.00000231. The topological polar surface area (TPSA) is 3.24 Å². The first-order chi connectivity index (χ1) is 33.2. The fraction of sp³-hybridized carbons (Fsp3) is 0.0909. The van der Waals surface area contributed by atoms with Crippen LogP contribution in [0.25, 0.3) is 27.1 Å². The lowest BCUT2D eigenvalue weighted by molar-refractivity contribution is 0.620. The van der Waals surface area contributed by atoms with E-state index in [1.807, 2.05) is 13.8 Å². The molecule has 0 bridgehead atoms. The van der Waals surface area contributed by atoms with Gasteiger partial charge in [-0.3, -0.25) is 0 Å². The van der Waals surface area contributed by atoms with Crippen LogP contribution in [0, 0.1) is 0 Å². The first-order valence-electron chi connectivity index (χ1n) is 23.9. The van der Waals surface area contributed by atoms with Gasteiger partial charge in [-0.25, -0.2) is 0 Å². The minimum absolute atomic E-state index is 0.225. The van der Waals surface area contributed by atoms with Gasteiger partial charge in [0.25, 0.3) is 0 Å². The quantitative estimate of drug-likeness (QED) is 0.161. The molecular formula is C66H51N. The number of allylic oxidation sites excluding steroid dienone is 4. The second-order valence-electron chi connectivity index (χ2n) is 17.9. The van der Waals surface area contributed by atoms with E-state index in [1.54, 1.807) is 0 Å². The summed E-state index contributed by atoms with van der Waals surface area (Å²) in [5.41, 5.74) is 17.2. The maximum absolute atomic E-state index is 2.59. The molecule has 1 nitrogen and oxygen atoms in total. The average Bonchev–Trinajstić information content (AvgIpc) is 3.70. The summed E-state index contributed by atoms with van der Waals surface area (Å²) in [6.07, 6.45) is 6.10. The van der Waals surface area contributed by atoms with E-state index < -0.39 is 10.8 Å². The number of rotatable bonds is 6. The maximum Gasteiger partial charge on any atom is 0.0716 e. The van der Waals surface area contributed by atoms with Crippen LogP contribution in [0.1, 0.15) is 76.3 Å². The van der Waals surface area contributed by atoms with Crippen molar-refractivity contribution in [3.8, 4) is 0 Å². The van der Waals surface area contributed by atoms with E-state index in [-0.39, 0.29) is 5.92 Å². The third-order valence-corrected chi connectivity index (χ3v) is 14.7. The summed E-state index contributed by atoms with van der Waals surface area (Å²) in [5.74, 6) is 0.225. The van der Waals surface area contributed by atoms with Crippen molar-refractivity contribution in [2.24, 2.45) is 0 Å². The zero-order chi connectivity index (χ0) is 45.0. The van der Waals surface area contributed by atoms with Gasteiger partial charge in [-0.2, -0.15) is 0 Å². The van der Waals surface area contributed by atoms with Gasteiger partial charge in [-0.1, -0.05) is 232 Å². The summed E-state index contributed by atoms with van der Waals surface area (Å²) in [7, 11) is 0. The lowest BCUT2D eigenvalue weighted by Gasteiger charge is -2.50. The van der Waals surface area contributed by atoms with E-state index in [2.05, 4.69) is 260 Å². The van der Waals surface area contributed by atoms with Gasteiger partial charge in [0.15, 0.2) is 0 Å². The Morgan fingerprint density at radius 2 is 0.791 bits per heavy atom. The van der Waals surface area contributed by atoms with Crippen LogP contribution < -0.4 is 4.90 Å². The predicted molar refractivity (Wildman–Crippen MR) is 282 cm³/mol. The van der Waals surface area contributed by atoms with Crippen molar-refractivity contribution in [2.45, 2.75) is 37.0 Å². The fourth-order valence-corrected chi connectivity index (χ4v) is 12.0. The number of fused-ring (bicyclic) bond motifs is 11. The van der Waals surface area contributed by atoms with Crippen molar-refractivity contribution in [1.29, 1.82) is 0 Å². The summed E-state index contributed by atoms with van der Waals surface area (Å²) in [6.45, 7) is 4.00. The SMILES string of the molecule is C1=C2C(=CCC1c1ccc(N(c3ccc4ccccc4c3)c3ccc4ccccc4c3)cc1)C1(c3ccccc32)c2ccccc2C(c2ccccc2)(c2ccccc2)c2ccccc21.CC. The molecule has 3 aliphatic carbocycles. The molecule has 0 aromatic heterocycles. The molecule has 0 saturated heterocycles. The molecule has 0 heterocycles. The van der Waals surface area contributed by atoms with Crippen LogP contribution in [-0.2, 0) is 10.8 Å². The fourth-order valence-electron chi connectivity index (χ4n) is 12.0. The number of benzene rings is 10. The minimum atomic E-state index is -0.505. The van der Waals surface area contributed by atoms with Gasteiger partial charge in [0.1, 0.15) is 0 Å². The van der Waals surface area contributed by atoms with Crippen LogP contribution in [-0.4, -0.2) is 0 Å². The molecule has 3 aliphatic rings. The van der Waals surface area contributed by atoms with Crippen LogP contribution in [0.15, 0.2) is 260 Å². The highest BCUT2D eigenvalue weighted by molar-refractivity contribution is 5.97. The monoisotopic (exact) mass is 857 g/mol. The Labute approximate surface area is 394 Å². The van der Waals surface area contributed by atoms with Gasteiger partial charge in [0.05, 0.1) is 10.8 Å². The van der Waals surface area contributed by atoms with Gasteiger partial charge in [0.2, 0.25) is 0 Å². The Bertz CT molecular complexity index is 3350. The Morgan fingerprint density at radius 1 is 0.373 bits per heavy atom. The van der Waals surface area contributed by atoms with E-state index in [0.29, 0.717) is 0 Å². The van der Waals surface area contributed by atoms with Crippen LogP contribution in [0.2, 0.25) is 0 Å². The minimum Gasteiger partial charge on any atom is -0.310 e. The smallest absolute Gasteiger partial charge is 0.0716 e. The number of hydrogen-bond acceptors (Lipinski definition) is 1. The van der Waals surface area contributed by atoms with E-state index in [9.17, 15) is 0 Å². The van der Waals surface area contributed by atoms with Crippen LogP contribution in [0.3, 0.4) is 0 Å². The molecule has 1 heteroatoms. The summed E-state index contributed by atoms with van der Waals surface area (Å²) >= 11 is 0. The van der Waals surface area contributed by atoms with Gasteiger partial charge in [-0.15, -0.1) is 0 Å². The van der Waals surface area contributed by atoms with E-state index >= 15 is 0 Å². The molecule has 1 unspecified atom stereocenters. The molecule has 13 rings (SSSR count). The molecule has 1 atom stereocenters. The highest BCUT2D eigenvalue weighted by atomic mass is 15.1. The lowest BCUT2D eigenvalue weighted by atomic mass is 9.51. The molecule has 0 N–H and O–H groups in total. The van der Waals surface area contributed by atoms with Crippen molar-refractivity contribution in [1.82, 2.24) is 0 Å². The number of anilines is 3. The number of hydrogen-bond donors (Lipinski definition) is 0. The van der Waals surface area contributed by atoms with Crippen molar-refractivity contribution in [3.63, 3.8) is 0 Å². The third kappa shape index (κ3) is 6.15. The molecule has 0 aliphatic heterocycles. The molecule has 0 saturated carbocycles. The molecule has 0 radical (unpaired) electrons. The number of nitrogens with zero attached hydrogens (tertiary/aromatic N) is 1. The second kappa shape index (κ2) is 16.5. The van der Waals surface area contributed by atoms with Gasteiger partial charge >= 0.3 is 0 Å². The first-order valence-corrected chi connectivity index (χ1v) is 23.9. The van der Waals surface area contributed by atoms with Crippen molar-refractivity contribution in [3.05, 3.63) is 310 Å². The molecule has 0 fully saturated rings. The van der Waals surface area contributed by atoms with Crippen LogP contribution in [0.5, 0.6) is 0 Å². The van der Waals surface area contributed by atoms with E-state index in [4.69, 9.17) is 0 Å². The van der Waals surface area contributed by atoms with Crippen molar-refractivity contribution in [2.75, 3.05) is 4.90 Å². The lowest BCUT2D eigenvalue weighted by Crippen LogP contribution is -2.44. The van der Waals surface area contributed by atoms with E-state index in [0.717, 1.165) is 23.5 Å². The van der Waals surface area contributed by atoms with Crippen molar-refractivity contribution >= 4 is 44.2 Å². The third-order valence-electron chi connectivity index (χ3n) is 14.7. The van der Waals surface area contributed by atoms with Crippen molar-refractivity contribution < 1.29 is 0 Å². The van der Waals surface area contributed by atoms with Gasteiger partial charge in [0, 0.05) is 23.0 Å². The summed E-state index contributed by atoms with van der Waals surface area (Å²) in [4.78, 5) is 2.40. The Kier molecular flexibility index (Phi) is 9.95. The standard InChI is InChI=1S/C64H45N.C2H6/c1-3-21-50(22-4-1)63(51-23-5-2-6-24-51)59-27-13-15-29-61(59)64(62-30-16-14-28-60(62)63)57-26-12-11-25-55(57)56-43-49(35-40-58(56)64)46-31-36-52(37-32-46)65(53-38-33-44-17-7-9-19-47(44)41-53)54-39-34-45-18-8-10-20-48(45)42-54;1-2/h1-34,36-43,49H,35H2;1-2H3. The summed E-state index contributed by atoms with van der Waals surface area (Å²) in [6, 6.07) is 90.5. The van der Waals surface area contributed by atoms with Gasteiger partial charge < -0.3 is 4.90 Å². The normalized spacial score (nSPS) is 15.8. The zero-order valence-corrected chi connectivity index (χ0v) is 38.0. The van der Waals surface area contributed by atoms with Gasteiger partial charge in [-0.05, 0) is 126 Å². The molecule has 10 aromatic carbocycles. The Hall–Kier alpha value is -8.00. The zero-order valence-electron chi connectivity index (χ0n) is 38.0. The highest BCUT2D eigenvalue weighted by Crippen LogP contribution is 2.66. The molecule has 320 valence electrons. The average molecular weight is 858 g/mol. The largest absolute Gasteiger partial charge is 0.310 e. The van der Waals surface area contributed by atoms with Crippen LogP contribution in [0.4, 0.5) is 17.1 Å². The first kappa shape index (κ1) is 40.5. The maximum atomic E-state index is 2.59. The Morgan fingerprint density at radius 3 is 1.31 bits per heavy atom. The highest BCUT2D eigenvalue weighted by Gasteiger charge is 2.58. The summed E-state index contributed by atoms with van der Waals surface area (Å²) in [5, 5.41) is 4.94. The molecule has 67 heavy (non-hydrogen) atoms. The molecule has 1 spiro atoms. The predicted octanol–water partition coefficient (Wildman–Crippen LogP) is 17.0. The van der Waals surface area contributed by atoms with E-state index in [1.165, 1.54) is 82.8 Å². The second-order valence-corrected chi connectivity index (χ2v) is 17.9. The molecular weight excluding hydrogens is 807 g/mol. The summed E-state index contributed by atoms with van der Waals surface area (Å²) < 4.78 is 0. The molecule has 0 amide bonds.